The van der Waals surface area contributed by atoms with E-state index in [1.54, 1.807) is 0 Å². The summed E-state index contributed by atoms with van der Waals surface area (Å²) in [5.74, 6) is 1.05. The van der Waals surface area contributed by atoms with Crippen LogP contribution in [0.25, 0.3) is 11.5 Å². The Morgan fingerprint density at radius 3 is 2.67 bits per heavy atom. The molecular weight excluding hydrogens is 332 g/mol. The van der Waals surface area contributed by atoms with E-state index in [-0.39, 0.29) is 6.04 Å². The summed E-state index contributed by atoms with van der Waals surface area (Å²) >= 11 is 3.51. The quantitative estimate of drug-likeness (QED) is 0.864. The largest absolute Gasteiger partial charge is 0.334 e. The van der Waals surface area contributed by atoms with Gasteiger partial charge in [-0.25, -0.2) is 0 Å². The van der Waals surface area contributed by atoms with Gasteiger partial charge in [-0.15, -0.1) is 0 Å². The molecule has 0 aliphatic rings. The van der Waals surface area contributed by atoms with Crippen LogP contribution >= 0.6 is 15.9 Å². The summed E-state index contributed by atoms with van der Waals surface area (Å²) in [5, 5.41) is 4.01. The van der Waals surface area contributed by atoms with Crippen molar-refractivity contribution >= 4 is 15.9 Å². The highest BCUT2D eigenvalue weighted by Gasteiger charge is 2.17. The predicted molar refractivity (Wildman–Crippen MR) is 86.9 cm³/mol. The third-order valence-electron chi connectivity index (χ3n) is 3.54. The van der Waals surface area contributed by atoms with Gasteiger partial charge in [-0.05, 0) is 37.7 Å². The number of hydrogen-bond acceptors (Lipinski definition) is 5. The Bertz CT molecular complexity index is 595. The second-order valence-electron chi connectivity index (χ2n) is 5.01. The lowest BCUT2D eigenvalue weighted by molar-refractivity contribution is 0.278. The molecule has 21 heavy (non-hydrogen) atoms. The molecule has 0 saturated carbocycles. The molecule has 5 nitrogen and oxygen atoms in total. The molecule has 1 aromatic carbocycles. The maximum atomic E-state index is 6.16. The van der Waals surface area contributed by atoms with Gasteiger partial charge in [0.2, 0.25) is 0 Å². The smallest absolute Gasteiger partial charge is 0.258 e. The highest BCUT2D eigenvalue weighted by molar-refractivity contribution is 9.10. The number of benzene rings is 1. The van der Waals surface area contributed by atoms with Crippen molar-refractivity contribution < 1.29 is 4.52 Å². The molecule has 0 fully saturated rings. The number of aryl methyl sites for hydroxylation is 1. The maximum absolute atomic E-state index is 6.16. The van der Waals surface area contributed by atoms with E-state index in [9.17, 15) is 0 Å². The molecule has 1 aromatic heterocycles. The number of likely N-dealkylation sites (N-methyl/N-ethyl adjacent to an activating group) is 1. The zero-order chi connectivity index (χ0) is 15.4. The van der Waals surface area contributed by atoms with Crippen LogP contribution in [0.2, 0.25) is 0 Å². The van der Waals surface area contributed by atoms with Crippen molar-refractivity contribution in [2.75, 3.05) is 19.6 Å². The number of nitrogens with two attached hydrogens (primary N) is 1. The molecule has 2 aromatic rings. The topological polar surface area (TPSA) is 68.2 Å². The van der Waals surface area contributed by atoms with Crippen molar-refractivity contribution in [1.29, 1.82) is 0 Å². The van der Waals surface area contributed by atoms with Gasteiger partial charge in [0.05, 0.1) is 6.04 Å². The van der Waals surface area contributed by atoms with Crippen molar-refractivity contribution in [3.8, 4) is 11.5 Å². The average Bonchev–Trinajstić information content (AvgIpc) is 2.97. The number of rotatable bonds is 6. The fourth-order valence-electron chi connectivity index (χ4n) is 2.07. The summed E-state index contributed by atoms with van der Waals surface area (Å²) in [7, 11) is 0. The van der Waals surface area contributed by atoms with E-state index in [4.69, 9.17) is 10.3 Å². The van der Waals surface area contributed by atoms with Crippen molar-refractivity contribution in [3.05, 3.63) is 34.1 Å². The first kappa shape index (κ1) is 16.1. The summed E-state index contributed by atoms with van der Waals surface area (Å²) in [6.07, 6.45) is 0. The number of hydrogen-bond donors (Lipinski definition) is 1. The van der Waals surface area contributed by atoms with Crippen molar-refractivity contribution in [1.82, 2.24) is 15.0 Å². The third-order valence-corrected chi connectivity index (χ3v) is 4.40. The lowest BCUT2D eigenvalue weighted by Crippen LogP contribution is -2.32. The molecule has 0 amide bonds. The van der Waals surface area contributed by atoms with Gasteiger partial charge >= 0.3 is 0 Å². The number of aromatic nitrogens is 2. The monoisotopic (exact) mass is 352 g/mol. The first-order chi connectivity index (χ1) is 10.0. The summed E-state index contributed by atoms with van der Waals surface area (Å²) in [6.45, 7) is 8.90. The number of halogens is 1. The fourth-order valence-corrected chi connectivity index (χ4v) is 2.45. The molecule has 0 saturated heterocycles. The van der Waals surface area contributed by atoms with Crippen molar-refractivity contribution in [2.45, 2.75) is 26.8 Å². The molecular formula is C15H21BrN4O. The van der Waals surface area contributed by atoms with E-state index in [2.05, 4.69) is 44.8 Å². The van der Waals surface area contributed by atoms with Crippen LogP contribution < -0.4 is 5.73 Å². The van der Waals surface area contributed by atoms with Crippen LogP contribution in [0.3, 0.4) is 0 Å². The van der Waals surface area contributed by atoms with Gasteiger partial charge in [0.15, 0.2) is 5.82 Å². The van der Waals surface area contributed by atoms with E-state index in [0.717, 1.165) is 35.2 Å². The second-order valence-corrected chi connectivity index (χ2v) is 5.87. The Balaban J connectivity index is 2.15. The van der Waals surface area contributed by atoms with Gasteiger partial charge in [0.1, 0.15) is 0 Å². The lowest BCUT2D eigenvalue weighted by atomic mass is 10.1. The molecule has 2 rings (SSSR count). The standard InChI is InChI=1S/C15H21BrN4O/c1-4-20(5-2)9-13(17)14-18-15(21-19-14)11-7-6-10(3)12(16)8-11/h6-8,13H,4-5,9,17H2,1-3H3. The van der Waals surface area contributed by atoms with Crippen LogP contribution in [-0.2, 0) is 0 Å². The number of nitrogens with zero attached hydrogens (tertiary/aromatic N) is 3. The van der Waals surface area contributed by atoms with Crippen LogP contribution in [-0.4, -0.2) is 34.7 Å². The highest BCUT2D eigenvalue weighted by atomic mass is 79.9. The van der Waals surface area contributed by atoms with Crippen LogP contribution in [0, 0.1) is 6.92 Å². The molecule has 1 unspecified atom stereocenters. The summed E-state index contributed by atoms with van der Waals surface area (Å²) in [4.78, 5) is 6.66. The molecule has 1 atom stereocenters. The summed E-state index contributed by atoms with van der Waals surface area (Å²) < 4.78 is 6.36. The molecule has 2 N–H and O–H groups in total. The third kappa shape index (κ3) is 3.90. The fraction of sp³-hybridized carbons (Fsp3) is 0.467. The van der Waals surface area contributed by atoms with Gasteiger partial charge in [0, 0.05) is 16.6 Å². The Kier molecular flexibility index (Phi) is 5.50. The minimum Gasteiger partial charge on any atom is -0.334 e. The van der Waals surface area contributed by atoms with Crippen molar-refractivity contribution in [2.24, 2.45) is 5.73 Å². The van der Waals surface area contributed by atoms with E-state index in [1.165, 1.54) is 0 Å². The molecule has 0 aliphatic carbocycles. The Morgan fingerprint density at radius 1 is 1.33 bits per heavy atom. The van der Waals surface area contributed by atoms with E-state index >= 15 is 0 Å². The molecule has 6 heteroatoms. The van der Waals surface area contributed by atoms with Gasteiger partial charge in [-0.1, -0.05) is 41.0 Å². The SMILES string of the molecule is CCN(CC)CC(N)c1noc(-c2ccc(C)c(Br)c2)n1. The highest BCUT2D eigenvalue weighted by Crippen LogP contribution is 2.25. The molecule has 0 aliphatic heterocycles. The normalized spacial score (nSPS) is 12.9. The van der Waals surface area contributed by atoms with Gasteiger partial charge in [-0.3, -0.25) is 0 Å². The zero-order valence-electron chi connectivity index (χ0n) is 12.6. The van der Waals surface area contributed by atoms with Crippen molar-refractivity contribution in [3.63, 3.8) is 0 Å². The lowest BCUT2D eigenvalue weighted by Gasteiger charge is -2.20. The minimum absolute atomic E-state index is 0.240. The molecule has 0 radical (unpaired) electrons. The van der Waals surface area contributed by atoms with Gasteiger partial charge < -0.3 is 15.2 Å². The van der Waals surface area contributed by atoms with Crippen LogP contribution in [0.4, 0.5) is 0 Å². The molecule has 0 bridgehead atoms. The second kappa shape index (κ2) is 7.15. The Hall–Kier alpha value is -1.24. The Morgan fingerprint density at radius 2 is 2.05 bits per heavy atom. The van der Waals surface area contributed by atoms with Gasteiger partial charge in [0.25, 0.3) is 5.89 Å². The van der Waals surface area contributed by atoms with Crippen LogP contribution in [0.15, 0.2) is 27.2 Å². The van der Waals surface area contributed by atoms with Crippen LogP contribution in [0.5, 0.6) is 0 Å². The van der Waals surface area contributed by atoms with E-state index in [1.807, 2.05) is 25.1 Å². The summed E-state index contributed by atoms with van der Waals surface area (Å²) in [5.41, 5.74) is 8.21. The van der Waals surface area contributed by atoms with E-state index in [0.29, 0.717) is 11.7 Å². The summed E-state index contributed by atoms with van der Waals surface area (Å²) in [6, 6.07) is 5.71. The first-order valence-electron chi connectivity index (χ1n) is 7.13. The molecule has 0 spiro atoms. The van der Waals surface area contributed by atoms with Crippen LogP contribution in [0.1, 0.15) is 31.3 Å². The predicted octanol–water partition coefficient (Wildman–Crippen LogP) is 3.15. The minimum atomic E-state index is -0.240. The average molecular weight is 353 g/mol. The maximum Gasteiger partial charge on any atom is 0.258 e. The Labute approximate surface area is 133 Å². The van der Waals surface area contributed by atoms with E-state index < -0.39 is 0 Å². The first-order valence-corrected chi connectivity index (χ1v) is 7.92. The van der Waals surface area contributed by atoms with Gasteiger partial charge in [-0.2, -0.15) is 4.98 Å². The zero-order valence-corrected chi connectivity index (χ0v) is 14.2. The molecule has 1 heterocycles. The molecule has 114 valence electrons.